The molecule has 10 nitrogen and oxygen atoms in total. The first kappa shape index (κ1) is 37.5. The quantitative estimate of drug-likeness (QED) is 0.110. The third kappa shape index (κ3) is 6.23. The average molecular weight is 705 g/mol. The fraction of sp³-hybridized carbons (Fsp3) is 0.286. The second-order valence-corrected chi connectivity index (χ2v) is 13.3. The van der Waals surface area contributed by atoms with Gasteiger partial charge < -0.3 is 19.7 Å². The van der Waals surface area contributed by atoms with Gasteiger partial charge in [-0.25, -0.2) is 0 Å². The van der Waals surface area contributed by atoms with Crippen LogP contribution in [0.5, 0.6) is 11.5 Å². The van der Waals surface area contributed by atoms with Gasteiger partial charge >= 0.3 is 11.9 Å². The van der Waals surface area contributed by atoms with E-state index in [1.54, 1.807) is 56.3 Å². The number of fused-ring (bicyclic) bond motifs is 2. The lowest BCUT2D eigenvalue weighted by molar-refractivity contribution is -0.152. The van der Waals surface area contributed by atoms with Crippen molar-refractivity contribution in [1.82, 2.24) is 0 Å². The molecule has 0 heterocycles. The number of phenols is 1. The van der Waals surface area contributed by atoms with Crippen LogP contribution >= 0.6 is 0 Å². The van der Waals surface area contributed by atoms with E-state index in [1.807, 2.05) is 27.7 Å². The Morgan fingerprint density at radius 2 is 1.04 bits per heavy atom. The molecule has 268 valence electrons. The molecule has 0 bridgehead atoms. The fourth-order valence-electron chi connectivity index (χ4n) is 6.30. The molecular formula is C42H40O10. The van der Waals surface area contributed by atoms with E-state index < -0.39 is 46.3 Å². The number of ketones is 4. The molecule has 10 heteroatoms. The number of rotatable bonds is 8. The van der Waals surface area contributed by atoms with Gasteiger partial charge in [0.1, 0.15) is 11.5 Å². The van der Waals surface area contributed by atoms with Crippen molar-refractivity contribution in [1.29, 1.82) is 0 Å². The Labute approximate surface area is 301 Å². The van der Waals surface area contributed by atoms with Gasteiger partial charge in [0.15, 0.2) is 0 Å². The summed E-state index contributed by atoms with van der Waals surface area (Å²) in [4.78, 5) is 76.4. The van der Waals surface area contributed by atoms with Gasteiger partial charge in [-0.15, -0.1) is 0 Å². The van der Waals surface area contributed by atoms with Crippen molar-refractivity contribution in [3.8, 4) is 11.5 Å². The summed E-state index contributed by atoms with van der Waals surface area (Å²) in [6.45, 7) is 11.1. The normalized spacial score (nSPS) is 15.2. The molecule has 2 aliphatic rings. The molecule has 52 heavy (non-hydrogen) atoms. The van der Waals surface area contributed by atoms with E-state index in [1.165, 1.54) is 42.5 Å². The van der Waals surface area contributed by atoms with Gasteiger partial charge in [0, 0.05) is 40.7 Å². The van der Waals surface area contributed by atoms with E-state index in [4.69, 9.17) is 9.47 Å². The molecule has 0 aliphatic heterocycles. The topological polar surface area (TPSA) is 161 Å². The monoisotopic (exact) mass is 704 g/mol. The first-order valence-corrected chi connectivity index (χ1v) is 17.1. The Bertz CT molecular complexity index is 2050. The molecule has 0 radical (unpaired) electrons. The Balaban J connectivity index is 0.000000210. The summed E-state index contributed by atoms with van der Waals surface area (Å²) in [5.41, 5.74) is -2.14. The minimum Gasteiger partial charge on any atom is -0.508 e. The number of hydrogen-bond acceptors (Lipinski definition) is 10. The molecule has 0 aromatic heterocycles. The highest BCUT2D eigenvalue weighted by molar-refractivity contribution is 6.33. The smallest absolute Gasteiger partial charge is 0.310 e. The predicted molar refractivity (Wildman–Crippen MR) is 191 cm³/mol. The highest BCUT2D eigenvalue weighted by atomic mass is 16.6. The van der Waals surface area contributed by atoms with Gasteiger partial charge in [0.05, 0.1) is 5.56 Å². The fourth-order valence-corrected chi connectivity index (χ4v) is 6.30. The number of carbonyl (C=O) groups excluding carboxylic acids is 6. The van der Waals surface area contributed by atoms with Crippen LogP contribution in [0, 0.1) is 0 Å². The molecule has 0 saturated heterocycles. The number of carbonyl (C=O) groups is 6. The molecular weight excluding hydrogens is 664 g/mol. The summed E-state index contributed by atoms with van der Waals surface area (Å²) in [5, 5.41) is 21.0. The molecule has 0 spiro atoms. The lowest BCUT2D eigenvalue weighted by Crippen LogP contribution is -2.43. The number of ether oxygens (including phenoxy) is 2. The van der Waals surface area contributed by atoms with Crippen molar-refractivity contribution in [2.24, 2.45) is 0 Å². The maximum Gasteiger partial charge on any atom is 0.310 e. The van der Waals surface area contributed by atoms with Crippen molar-refractivity contribution >= 4 is 35.1 Å². The molecule has 0 fully saturated rings. The van der Waals surface area contributed by atoms with Crippen LogP contribution in [0.15, 0.2) is 84.9 Å². The van der Waals surface area contributed by atoms with E-state index in [0.717, 1.165) is 11.1 Å². The maximum atomic E-state index is 13.5. The first-order chi connectivity index (χ1) is 24.6. The molecule has 0 saturated carbocycles. The van der Waals surface area contributed by atoms with Gasteiger partial charge in [0.2, 0.25) is 28.7 Å². The molecule has 0 atom stereocenters. The van der Waals surface area contributed by atoms with Gasteiger partial charge in [-0.05, 0) is 41.2 Å². The van der Waals surface area contributed by atoms with Crippen LogP contribution in [-0.2, 0) is 25.5 Å². The highest BCUT2D eigenvalue weighted by Crippen LogP contribution is 2.46. The van der Waals surface area contributed by atoms with E-state index in [9.17, 15) is 39.0 Å². The predicted octanol–water partition coefficient (Wildman–Crippen LogP) is 7.14. The molecule has 2 N–H and O–H groups in total. The van der Waals surface area contributed by atoms with Crippen LogP contribution in [0.3, 0.4) is 0 Å². The lowest BCUT2D eigenvalue weighted by Gasteiger charge is -2.28. The van der Waals surface area contributed by atoms with Crippen LogP contribution in [0.4, 0.5) is 0 Å². The Hall–Kier alpha value is -5.74. The summed E-state index contributed by atoms with van der Waals surface area (Å²) in [6.07, 6.45) is 0.0853. The lowest BCUT2D eigenvalue weighted by atomic mass is 9.86. The number of phenolic OH excluding ortho intramolecular Hbond substituents is 1. The zero-order valence-corrected chi connectivity index (χ0v) is 29.8. The van der Waals surface area contributed by atoms with Crippen molar-refractivity contribution < 1.29 is 48.5 Å². The zero-order chi connectivity index (χ0) is 38.1. The molecule has 0 amide bonds. The van der Waals surface area contributed by atoms with Gasteiger partial charge in [0.25, 0.3) is 5.60 Å². The SMILES string of the molecule is CC(C)c1ccc(C2(O)C(=O)c3ccccc3C2=O)c(O)c1.CCC(=O)Oc1cc(C(C)C)ccc1C1(OC(=O)CC)C(=O)c2ccccc2C1=O. The highest BCUT2D eigenvalue weighted by Gasteiger charge is 2.59. The van der Waals surface area contributed by atoms with Crippen molar-refractivity contribution in [2.75, 3.05) is 0 Å². The minimum atomic E-state index is -2.34. The molecule has 4 aromatic carbocycles. The summed E-state index contributed by atoms with van der Waals surface area (Å²) < 4.78 is 11.1. The van der Waals surface area contributed by atoms with E-state index in [-0.39, 0.29) is 69.6 Å². The van der Waals surface area contributed by atoms with Crippen LogP contribution < -0.4 is 4.74 Å². The molecule has 6 rings (SSSR count). The van der Waals surface area contributed by atoms with Crippen molar-refractivity contribution in [2.45, 2.75) is 77.4 Å². The summed E-state index contributed by atoms with van der Waals surface area (Å²) >= 11 is 0. The number of Topliss-reactive ketones (excluding diaryl/α,β-unsaturated/α-hetero) is 4. The minimum absolute atomic E-state index is 0.0210. The zero-order valence-electron chi connectivity index (χ0n) is 29.8. The van der Waals surface area contributed by atoms with Crippen LogP contribution in [0.2, 0.25) is 0 Å². The molecule has 4 aromatic rings. The average Bonchev–Trinajstić information content (AvgIpc) is 3.47. The maximum absolute atomic E-state index is 13.5. The van der Waals surface area contributed by atoms with Gasteiger partial charge in [-0.1, -0.05) is 108 Å². The third-order valence-electron chi connectivity index (χ3n) is 9.33. The third-order valence-corrected chi connectivity index (χ3v) is 9.33. The van der Waals surface area contributed by atoms with E-state index in [0.29, 0.717) is 0 Å². The summed E-state index contributed by atoms with van der Waals surface area (Å²) in [5.74, 6) is -3.81. The number of aliphatic hydroxyl groups is 1. The number of esters is 2. The standard InChI is InChI=1S/C24H24O6.C18H16O4/c1-5-20(25)29-19-13-15(14(3)4)11-12-18(19)24(30-21(26)6-2)22(27)16-9-7-8-10-17(16)23(24)28;1-10(2)11-7-8-14(15(19)9-11)18(22)16(20)12-5-3-4-6-13(12)17(18)21/h7-14H,5-6H2,1-4H3;3-10,19,22H,1-2H3. The Morgan fingerprint density at radius 1 is 0.615 bits per heavy atom. The van der Waals surface area contributed by atoms with E-state index >= 15 is 0 Å². The second-order valence-electron chi connectivity index (χ2n) is 13.3. The number of aromatic hydroxyl groups is 1. The number of hydrogen-bond donors (Lipinski definition) is 2. The summed E-state index contributed by atoms with van der Waals surface area (Å²) in [7, 11) is 0. The second kappa shape index (κ2) is 14.5. The van der Waals surface area contributed by atoms with Crippen LogP contribution in [0.1, 0.15) is 130 Å². The van der Waals surface area contributed by atoms with Crippen molar-refractivity contribution in [3.05, 3.63) is 129 Å². The summed E-state index contributed by atoms with van der Waals surface area (Å²) in [6, 6.07) is 22.2. The first-order valence-electron chi connectivity index (χ1n) is 17.1. The molecule has 0 unspecified atom stereocenters. The van der Waals surface area contributed by atoms with Gasteiger partial charge in [-0.2, -0.15) is 0 Å². The van der Waals surface area contributed by atoms with Crippen LogP contribution in [0.25, 0.3) is 0 Å². The van der Waals surface area contributed by atoms with Gasteiger partial charge in [-0.3, -0.25) is 28.8 Å². The van der Waals surface area contributed by atoms with E-state index in [2.05, 4.69) is 0 Å². The van der Waals surface area contributed by atoms with Crippen molar-refractivity contribution in [3.63, 3.8) is 0 Å². The Morgan fingerprint density at radius 3 is 1.46 bits per heavy atom. The van der Waals surface area contributed by atoms with Crippen LogP contribution in [-0.4, -0.2) is 45.3 Å². The molecule has 2 aliphatic carbocycles. The largest absolute Gasteiger partial charge is 0.508 e. The number of benzene rings is 4. The Kier molecular flexibility index (Phi) is 10.4.